The van der Waals surface area contributed by atoms with Gasteiger partial charge < -0.3 is 10.1 Å². The van der Waals surface area contributed by atoms with Gasteiger partial charge in [0.15, 0.2) is 0 Å². The molecular weight excluding hydrogens is 420 g/mol. The number of carbonyl (C=O) groups is 1. The van der Waals surface area contributed by atoms with Crippen molar-refractivity contribution in [2.24, 2.45) is 7.05 Å². The molecule has 0 saturated heterocycles. The van der Waals surface area contributed by atoms with E-state index in [1.54, 1.807) is 35.4 Å². The number of nitrogens with zero attached hydrogens (tertiary/aromatic N) is 5. The molecule has 0 spiro atoms. The van der Waals surface area contributed by atoms with E-state index in [9.17, 15) is 4.79 Å². The summed E-state index contributed by atoms with van der Waals surface area (Å²) in [5, 5.41) is 7.25. The van der Waals surface area contributed by atoms with E-state index in [2.05, 4.69) is 36.2 Å². The smallest absolute Gasteiger partial charge is 0.267 e. The largest absolute Gasteiger partial charge is 0.371 e. The minimum absolute atomic E-state index is 0.293. The Morgan fingerprint density at radius 3 is 2.64 bits per heavy atom. The van der Waals surface area contributed by atoms with Crippen LogP contribution in [0, 0.1) is 0 Å². The summed E-state index contributed by atoms with van der Waals surface area (Å²) in [6, 6.07) is 16.9. The van der Waals surface area contributed by atoms with E-state index in [0.29, 0.717) is 23.9 Å². The van der Waals surface area contributed by atoms with Gasteiger partial charge in [0.2, 0.25) is 5.95 Å². The fourth-order valence-corrected chi connectivity index (χ4v) is 3.17. The highest BCUT2D eigenvalue weighted by molar-refractivity contribution is 5.82. The first-order valence-corrected chi connectivity index (χ1v) is 10.3. The number of nitrogens with one attached hydrogen (secondary N) is 3. The molecular formula is C23H24N8O2. The summed E-state index contributed by atoms with van der Waals surface area (Å²) in [7, 11) is 3.34. The number of amides is 1. The van der Waals surface area contributed by atoms with E-state index >= 15 is 0 Å². The van der Waals surface area contributed by atoms with Gasteiger partial charge in [-0.2, -0.15) is 5.10 Å². The number of hydrogen-bond acceptors (Lipinski definition) is 8. The summed E-state index contributed by atoms with van der Waals surface area (Å²) in [5.41, 5.74) is 8.04. The minimum Gasteiger partial charge on any atom is -0.371 e. The molecule has 0 fully saturated rings. The second-order valence-electron chi connectivity index (χ2n) is 7.19. The number of rotatable bonds is 9. The summed E-state index contributed by atoms with van der Waals surface area (Å²) in [6.07, 6.45) is 4.83. The van der Waals surface area contributed by atoms with Gasteiger partial charge in [0.25, 0.3) is 5.91 Å². The second-order valence-corrected chi connectivity index (χ2v) is 7.19. The van der Waals surface area contributed by atoms with Gasteiger partial charge in [0.1, 0.15) is 17.7 Å². The van der Waals surface area contributed by atoms with E-state index in [1.165, 1.54) is 7.11 Å². The van der Waals surface area contributed by atoms with Crippen molar-refractivity contribution in [3.8, 4) is 11.3 Å². The number of aromatic nitrogens is 5. The summed E-state index contributed by atoms with van der Waals surface area (Å²) >= 11 is 0. The average Bonchev–Trinajstić information content (AvgIpc) is 3.26. The van der Waals surface area contributed by atoms with E-state index in [1.807, 2.05) is 49.5 Å². The molecule has 0 saturated carbocycles. The van der Waals surface area contributed by atoms with Crippen LogP contribution in [0.4, 0.5) is 17.6 Å². The SMILES string of the molecule is COC(Cc1ccccc1)C(=O)NNc1cc(-c2ccnc(Nc3ccnn3C)n2)ccn1. The third-order valence-corrected chi connectivity index (χ3v) is 4.93. The van der Waals surface area contributed by atoms with Crippen molar-refractivity contribution >= 4 is 23.5 Å². The molecule has 4 rings (SSSR count). The molecule has 1 atom stereocenters. The molecule has 33 heavy (non-hydrogen) atoms. The number of methoxy groups -OCH3 is 1. The van der Waals surface area contributed by atoms with Gasteiger partial charge in [-0.1, -0.05) is 30.3 Å². The number of carbonyl (C=O) groups excluding carboxylic acids is 1. The normalized spacial score (nSPS) is 11.6. The van der Waals surface area contributed by atoms with Gasteiger partial charge in [-0.3, -0.25) is 20.3 Å². The monoisotopic (exact) mass is 444 g/mol. The Bertz CT molecular complexity index is 1210. The molecule has 1 unspecified atom stereocenters. The van der Waals surface area contributed by atoms with Crippen LogP contribution < -0.4 is 16.2 Å². The quantitative estimate of drug-likeness (QED) is 0.337. The van der Waals surface area contributed by atoms with Gasteiger partial charge in [0.05, 0.1) is 11.9 Å². The van der Waals surface area contributed by atoms with Crippen LogP contribution in [0.3, 0.4) is 0 Å². The maximum absolute atomic E-state index is 12.6. The zero-order valence-corrected chi connectivity index (χ0v) is 18.3. The van der Waals surface area contributed by atoms with Crippen molar-refractivity contribution in [2.45, 2.75) is 12.5 Å². The zero-order valence-electron chi connectivity index (χ0n) is 18.3. The topological polar surface area (TPSA) is 119 Å². The molecule has 4 aromatic rings. The molecule has 1 amide bonds. The van der Waals surface area contributed by atoms with Crippen LogP contribution in [0.2, 0.25) is 0 Å². The molecule has 3 N–H and O–H groups in total. The van der Waals surface area contributed by atoms with E-state index in [-0.39, 0.29) is 5.91 Å². The molecule has 168 valence electrons. The number of hydrogen-bond donors (Lipinski definition) is 3. The Hall–Kier alpha value is -4.31. The van der Waals surface area contributed by atoms with Crippen LogP contribution in [0.25, 0.3) is 11.3 Å². The van der Waals surface area contributed by atoms with E-state index in [4.69, 9.17) is 4.74 Å². The lowest BCUT2D eigenvalue weighted by molar-refractivity contribution is -0.130. The highest BCUT2D eigenvalue weighted by Gasteiger charge is 2.18. The third-order valence-electron chi connectivity index (χ3n) is 4.93. The van der Waals surface area contributed by atoms with Crippen molar-refractivity contribution < 1.29 is 9.53 Å². The minimum atomic E-state index is -0.634. The van der Waals surface area contributed by atoms with E-state index in [0.717, 1.165) is 16.9 Å². The number of aryl methyl sites for hydroxylation is 1. The maximum atomic E-state index is 12.6. The van der Waals surface area contributed by atoms with Crippen molar-refractivity contribution in [3.63, 3.8) is 0 Å². The first-order valence-electron chi connectivity index (χ1n) is 10.3. The van der Waals surface area contributed by atoms with Crippen LogP contribution in [-0.2, 0) is 23.0 Å². The highest BCUT2D eigenvalue weighted by atomic mass is 16.5. The summed E-state index contributed by atoms with van der Waals surface area (Å²) in [6.45, 7) is 0. The Labute approximate surface area is 191 Å². The van der Waals surface area contributed by atoms with Gasteiger partial charge in [-0.15, -0.1) is 0 Å². The molecule has 0 aliphatic heterocycles. The number of ether oxygens (including phenoxy) is 1. The summed E-state index contributed by atoms with van der Waals surface area (Å²) < 4.78 is 7.05. The van der Waals surface area contributed by atoms with Crippen molar-refractivity contribution in [1.82, 2.24) is 30.2 Å². The lowest BCUT2D eigenvalue weighted by atomic mass is 10.1. The molecule has 10 nitrogen and oxygen atoms in total. The number of anilines is 3. The summed E-state index contributed by atoms with van der Waals surface area (Å²) in [4.78, 5) is 25.6. The predicted octanol–water partition coefficient (Wildman–Crippen LogP) is 2.72. The highest BCUT2D eigenvalue weighted by Crippen LogP contribution is 2.21. The number of hydrazine groups is 1. The molecule has 3 aromatic heterocycles. The zero-order chi connectivity index (χ0) is 23.0. The van der Waals surface area contributed by atoms with Gasteiger partial charge in [-0.25, -0.2) is 15.0 Å². The third kappa shape index (κ3) is 5.69. The first-order chi connectivity index (χ1) is 16.1. The van der Waals surface area contributed by atoms with Crippen LogP contribution in [0.5, 0.6) is 0 Å². The fourth-order valence-electron chi connectivity index (χ4n) is 3.17. The lowest BCUT2D eigenvalue weighted by Crippen LogP contribution is -2.40. The molecule has 3 heterocycles. The fraction of sp³-hybridized carbons (Fsp3) is 0.174. The lowest BCUT2D eigenvalue weighted by Gasteiger charge is -2.16. The van der Waals surface area contributed by atoms with Crippen LogP contribution in [0.1, 0.15) is 5.56 Å². The first kappa shape index (κ1) is 21.9. The van der Waals surface area contributed by atoms with Crippen molar-refractivity contribution in [2.75, 3.05) is 17.9 Å². The molecule has 0 aliphatic rings. The number of pyridine rings is 1. The van der Waals surface area contributed by atoms with Gasteiger partial charge in [-0.05, 0) is 23.8 Å². The van der Waals surface area contributed by atoms with Crippen molar-refractivity contribution in [3.05, 3.63) is 78.8 Å². The molecule has 0 bridgehead atoms. The predicted molar refractivity (Wildman–Crippen MR) is 124 cm³/mol. The Balaban J connectivity index is 1.41. The molecule has 10 heteroatoms. The number of benzene rings is 1. The van der Waals surface area contributed by atoms with Crippen LogP contribution >= 0.6 is 0 Å². The maximum Gasteiger partial charge on any atom is 0.267 e. The summed E-state index contributed by atoms with van der Waals surface area (Å²) in [5.74, 6) is 1.39. The second kappa shape index (κ2) is 10.3. The van der Waals surface area contributed by atoms with Gasteiger partial charge in [0, 0.05) is 44.6 Å². The Morgan fingerprint density at radius 1 is 1.06 bits per heavy atom. The van der Waals surface area contributed by atoms with Crippen molar-refractivity contribution in [1.29, 1.82) is 0 Å². The standard InChI is InChI=1S/C23H24N8O2/c1-31-21(10-13-26-31)28-23-25-12-9-18(27-23)17-8-11-24-20(15-17)29-30-22(32)19(33-2)14-16-6-4-3-5-7-16/h3-13,15,19H,14H2,1-2H3,(H,24,29)(H,30,32)(H,25,27,28). The Morgan fingerprint density at radius 2 is 1.88 bits per heavy atom. The Kier molecular flexibility index (Phi) is 6.86. The molecule has 1 aromatic carbocycles. The average molecular weight is 444 g/mol. The molecule has 0 aliphatic carbocycles. The van der Waals surface area contributed by atoms with Crippen LogP contribution in [-0.4, -0.2) is 43.9 Å². The molecule has 0 radical (unpaired) electrons. The van der Waals surface area contributed by atoms with Gasteiger partial charge >= 0.3 is 0 Å². The van der Waals surface area contributed by atoms with E-state index < -0.39 is 6.10 Å². The van der Waals surface area contributed by atoms with Crippen LogP contribution in [0.15, 0.2) is 73.2 Å².